The fourth-order valence-electron chi connectivity index (χ4n) is 1.38. The van der Waals surface area contributed by atoms with Crippen molar-refractivity contribution in [3.8, 4) is 5.75 Å². The molecular weight excluding hydrogens is 186 g/mol. The van der Waals surface area contributed by atoms with Crippen LogP contribution < -0.4 is 10.1 Å². The normalized spacial score (nSPS) is 12.4. The van der Waals surface area contributed by atoms with Crippen LogP contribution in [0.3, 0.4) is 0 Å². The Hall–Kier alpha value is -1.02. The first-order valence-corrected chi connectivity index (χ1v) is 5.75. The molecule has 0 fully saturated rings. The van der Waals surface area contributed by atoms with Crippen LogP contribution in [0.2, 0.25) is 0 Å². The molecule has 0 aromatic heterocycles. The number of hydrogen-bond donors (Lipinski definition) is 1. The Bertz CT molecular complexity index is 248. The van der Waals surface area contributed by atoms with Gasteiger partial charge >= 0.3 is 0 Å². The Kier molecular flexibility index (Phi) is 5.86. The van der Waals surface area contributed by atoms with Gasteiger partial charge in [-0.15, -0.1) is 0 Å². The van der Waals surface area contributed by atoms with E-state index in [-0.39, 0.29) is 6.10 Å². The molecule has 1 atom stereocenters. The highest BCUT2D eigenvalue weighted by Crippen LogP contribution is 2.10. The first kappa shape index (κ1) is 12.1. The van der Waals surface area contributed by atoms with E-state index in [0.29, 0.717) is 0 Å². The summed E-state index contributed by atoms with van der Waals surface area (Å²) in [5, 5.41) is 3.38. The summed E-state index contributed by atoms with van der Waals surface area (Å²) < 4.78 is 5.73. The molecule has 0 saturated heterocycles. The molecule has 0 aliphatic rings. The molecule has 0 aliphatic heterocycles. The van der Waals surface area contributed by atoms with Crippen molar-refractivity contribution in [2.75, 3.05) is 13.1 Å². The standard InChI is InChI=1S/C13H21NO/c1-3-4-10-14-11-12(2)15-13-8-6-5-7-9-13/h5-9,12,14H,3-4,10-11H2,1-2H3. The second kappa shape index (κ2) is 7.30. The van der Waals surface area contributed by atoms with Gasteiger partial charge in [0.15, 0.2) is 0 Å². The zero-order valence-electron chi connectivity index (χ0n) is 9.70. The number of benzene rings is 1. The molecule has 1 N–H and O–H groups in total. The van der Waals surface area contributed by atoms with Crippen molar-refractivity contribution in [2.24, 2.45) is 0 Å². The van der Waals surface area contributed by atoms with Gasteiger partial charge in [-0.3, -0.25) is 0 Å². The van der Waals surface area contributed by atoms with Gasteiger partial charge in [-0.05, 0) is 32.0 Å². The van der Waals surface area contributed by atoms with Gasteiger partial charge in [0.25, 0.3) is 0 Å². The molecule has 0 amide bonds. The van der Waals surface area contributed by atoms with Crippen LogP contribution in [0.5, 0.6) is 5.75 Å². The van der Waals surface area contributed by atoms with Gasteiger partial charge in [0.1, 0.15) is 11.9 Å². The molecule has 15 heavy (non-hydrogen) atoms. The molecule has 0 saturated carbocycles. The van der Waals surface area contributed by atoms with Gasteiger partial charge in [-0.25, -0.2) is 0 Å². The molecule has 1 rings (SSSR count). The van der Waals surface area contributed by atoms with E-state index in [1.165, 1.54) is 12.8 Å². The molecular formula is C13H21NO. The van der Waals surface area contributed by atoms with Gasteiger partial charge in [-0.2, -0.15) is 0 Å². The fraction of sp³-hybridized carbons (Fsp3) is 0.538. The average molecular weight is 207 g/mol. The molecule has 0 bridgehead atoms. The highest BCUT2D eigenvalue weighted by atomic mass is 16.5. The zero-order valence-corrected chi connectivity index (χ0v) is 9.70. The molecule has 2 heteroatoms. The van der Waals surface area contributed by atoms with Crippen LogP contribution in [-0.2, 0) is 0 Å². The van der Waals surface area contributed by atoms with E-state index < -0.39 is 0 Å². The fourth-order valence-corrected chi connectivity index (χ4v) is 1.38. The summed E-state index contributed by atoms with van der Waals surface area (Å²) in [5.74, 6) is 0.947. The largest absolute Gasteiger partial charge is 0.489 e. The van der Waals surface area contributed by atoms with Crippen molar-refractivity contribution in [1.29, 1.82) is 0 Å². The maximum Gasteiger partial charge on any atom is 0.119 e. The number of hydrogen-bond acceptors (Lipinski definition) is 2. The van der Waals surface area contributed by atoms with Gasteiger partial charge in [0, 0.05) is 6.54 Å². The number of para-hydroxylation sites is 1. The third-order valence-electron chi connectivity index (χ3n) is 2.22. The smallest absolute Gasteiger partial charge is 0.119 e. The average Bonchev–Trinajstić information content (AvgIpc) is 2.26. The zero-order chi connectivity index (χ0) is 10.9. The predicted octanol–water partition coefficient (Wildman–Crippen LogP) is 2.84. The summed E-state index contributed by atoms with van der Waals surface area (Å²) in [6, 6.07) is 9.96. The monoisotopic (exact) mass is 207 g/mol. The Morgan fingerprint density at radius 1 is 1.27 bits per heavy atom. The number of rotatable bonds is 7. The SMILES string of the molecule is CCCCNCC(C)Oc1ccccc1. The van der Waals surface area contributed by atoms with E-state index in [4.69, 9.17) is 4.74 Å². The van der Waals surface area contributed by atoms with Crippen LogP contribution in [0.25, 0.3) is 0 Å². The molecule has 1 aromatic carbocycles. The lowest BCUT2D eigenvalue weighted by atomic mass is 10.3. The Morgan fingerprint density at radius 3 is 2.67 bits per heavy atom. The summed E-state index contributed by atoms with van der Waals surface area (Å²) in [6.45, 7) is 6.28. The quantitative estimate of drug-likeness (QED) is 0.694. The van der Waals surface area contributed by atoms with Crippen LogP contribution in [0.15, 0.2) is 30.3 Å². The maximum atomic E-state index is 5.73. The van der Waals surface area contributed by atoms with E-state index in [1.807, 2.05) is 30.3 Å². The minimum absolute atomic E-state index is 0.226. The lowest BCUT2D eigenvalue weighted by molar-refractivity contribution is 0.217. The lowest BCUT2D eigenvalue weighted by Crippen LogP contribution is -2.29. The van der Waals surface area contributed by atoms with Crippen molar-refractivity contribution in [1.82, 2.24) is 5.32 Å². The van der Waals surface area contributed by atoms with E-state index in [2.05, 4.69) is 19.2 Å². The Balaban J connectivity index is 2.16. The highest BCUT2D eigenvalue weighted by Gasteiger charge is 2.01. The first-order valence-electron chi connectivity index (χ1n) is 5.75. The van der Waals surface area contributed by atoms with Crippen molar-refractivity contribution in [2.45, 2.75) is 32.8 Å². The van der Waals surface area contributed by atoms with Crippen molar-refractivity contribution in [3.63, 3.8) is 0 Å². The summed E-state index contributed by atoms with van der Waals surface area (Å²) >= 11 is 0. The predicted molar refractivity (Wildman–Crippen MR) is 64.3 cm³/mol. The first-order chi connectivity index (χ1) is 7.33. The summed E-state index contributed by atoms with van der Waals surface area (Å²) in [6.07, 6.45) is 2.70. The molecule has 0 spiro atoms. The van der Waals surface area contributed by atoms with Crippen LogP contribution in [0, 0.1) is 0 Å². The van der Waals surface area contributed by atoms with E-state index in [0.717, 1.165) is 18.8 Å². The van der Waals surface area contributed by atoms with Crippen LogP contribution in [0.4, 0.5) is 0 Å². The van der Waals surface area contributed by atoms with Crippen LogP contribution in [-0.4, -0.2) is 19.2 Å². The second-order valence-corrected chi connectivity index (χ2v) is 3.80. The van der Waals surface area contributed by atoms with Crippen molar-refractivity contribution in [3.05, 3.63) is 30.3 Å². The minimum atomic E-state index is 0.226. The van der Waals surface area contributed by atoms with E-state index >= 15 is 0 Å². The third-order valence-corrected chi connectivity index (χ3v) is 2.22. The van der Waals surface area contributed by atoms with Crippen molar-refractivity contribution >= 4 is 0 Å². The second-order valence-electron chi connectivity index (χ2n) is 3.80. The van der Waals surface area contributed by atoms with E-state index in [9.17, 15) is 0 Å². The van der Waals surface area contributed by atoms with Gasteiger partial charge in [0.05, 0.1) is 0 Å². The molecule has 84 valence electrons. The van der Waals surface area contributed by atoms with Crippen molar-refractivity contribution < 1.29 is 4.74 Å². The summed E-state index contributed by atoms with van der Waals surface area (Å²) in [7, 11) is 0. The van der Waals surface area contributed by atoms with Crippen LogP contribution >= 0.6 is 0 Å². The topological polar surface area (TPSA) is 21.3 Å². The number of nitrogens with one attached hydrogen (secondary N) is 1. The molecule has 0 aliphatic carbocycles. The summed E-state index contributed by atoms with van der Waals surface area (Å²) in [5.41, 5.74) is 0. The Morgan fingerprint density at radius 2 is 2.00 bits per heavy atom. The molecule has 0 radical (unpaired) electrons. The molecule has 2 nitrogen and oxygen atoms in total. The van der Waals surface area contributed by atoms with Gasteiger partial charge < -0.3 is 10.1 Å². The van der Waals surface area contributed by atoms with E-state index in [1.54, 1.807) is 0 Å². The highest BCUT2D eigenvalue weighted by molar-refractivity contribution is 5.21. The lowest BCUT2D eigenvalue weighted by Gasteiger charge is -2.15. The molecule has 0 heterocycles. The number of ether oxygens (including phenoxy) is 1. The maximum absolute atomic E-state index is 5.73. The van der Waals surface area contributed by atoms with Gasteiger partial charge in [0.2, 0.25) is 0 Å². The summed E-state index contributed by atoms with van der Waals surface area (Å²) in [4.78, 5) is 0. The van der Waals surface area contributed by atoms with Crippen LogP contribution in [0.1, 0.15) is 26.7 Å². The Labute approximate surface area is 92.6 Å². The molecule has 1 unspecified atom stereocenters. The minimum Gasteiger partial charge on any atom is -0.489 e. The molecule has 1 aromatic rings. The van der Waals surface area contributed by atoms with Gasteiger partial charge in [-0.1, -0.05) is 31.5 Å². The number of unbranched alkanes of at least 4 members (excludes halogenated alkanes) is 1. The third kappa shape index (κ3) is 5.43.